The monoisotopic (exact) mass is 236 g/mol. The molecule has 0 aliphatic carbocycles. The van der Waals surface area contributed by atoms with Gasteiger partial charge in [-0.2, -0.15) is 0 Å². The lowest BCUT2D eigenvalue weighted by Crippen LogP contribution is -2.11. The van der Waals surface area contributed by atoms with Crippen LogP contribution in [0.4, 0.5) is 0 Å². The van der Waals surface area contributed by atoms with Crippen LogP contribution < -0.4 is 10.5 Å². The van der Waals surface area contributed by atoms with E-state index in [0.717, 1.165) is 24.5 Å². The third-order valence-corrected chi connectivity index (χ3v) is 2.89. The first-order chi connectivity index (χ1) is 8.17. The molecule has 0 aromatic carbocycles. The standard InChI is InChI=1S/C14H24N2O/c1-4-6-11(3)10-17-12-7-8-14(16-9-12)13(15)5-2/h7-9,11,13H,4-6,10,15H2,1-3H3/t11?,13-/m0/s1. The molecule has 0 saturated heterocycles. The normalized spacial score (nSPS) is 14.4. The zero-order chi connectivity index (χ0) is 12.7. The van der Waals surface area contributed by atoms with Gasteiger partial charge in [0.25, 0.3) is 0 Å². The lowest BCUT2D eigenvalue weighted by molar-refractivity contribution is 0.250. The molecule has 0 aliphatic rings. The molecule has 2 N–H and O–H groups in total. The van der Waals surface area contributed by atoms with E-state index in [2.05, 4.69) is 25.8 Å². The highest BCUT2D eigenvalue weighted by Crippen LogP contribution is 2.16. The molecule has 3 heteroatoms. The Hall–Kier alpha value is -1.09. The van der Waals surface area contributed by atoms with E-state index in [1.807, 2.05) is 12.1 Å². The van der Waals surface area contributed by atoms with Gasteiger partial charge in [0.15, 0.2) is 0 Å². The van der Waals surface area contributed by atoms with Gasteiger partial charge in [-0.25, -0.2) is 0 Å². The van der Waals surface area contributed by atoms with Crippen LogP contribution in [0.2, 0.25) is 0 Å². The van der Waals surface area contributed by atoms with Crippen LogP contribution in [0, 0.1) is 5.92 Å². The number of nitrogens with zero attached hydrogens (tertiary/aromatic N) is 1. The first kappa shape index (κ1) is 14.0. The highest BCUT2D eigenvalue weighted by atomic mass is 16.5. The Labute approximate surface area is 104 Å². The summed E-state index contributed by atoms with van der Waals surface area (Å²) in [6, 6.07) is 3.94. The van der Waals surface area contributed by atoms with Crippen molar-refractivity contribution in [2.75, 3.05) is 6.61 Å². The van der Waals surface area contributed by atoms with Gasteiger partial charge in [0, 0.05) is 6.04 Å². The molecule has 0 bridgehead atoms. The van der Waals surface area contributed by atoms with Crippen molar-refractivity contribution in [3.8, 4) is 5.75 Å². The van der Waals surface area contributed by atoms with Crippen molar-refractivity contribution < 1.29 is 4.74 Å². The van der Waals surface area contributed by atoms with Gasteiger partial charge in [-0.15, -0.1) is 0 Å². The average Bonchev–Trinajstić information content (AvgIpc) is 2.36. The number of pyridine rings is 1. The van der Waals surface area contributed by atoms with E-state index in [4.69, 9.17) is 10.5 Å². The molecule has 0 fully saturated rings. The fourth-order valence-electron chi connectivity index (χ4n) is 1.72. The van der Waals surface area contributed by atoms with Gasteiger partial charge in [0.05, 0.1) is 18.5 Å². The molecule has 1 rings (SSSR count). The maximum Gasteiger partial charge on any atom is 0.137 e. The average molecular weight is 236 g/mol. The Morgan fingerprint density at radius 1 is 1.35 bits per heavy atom. The third-order valence-electron chi connectivity index (χ3n) is 2.89. The van der Waals surface area contributed by atoms with Crippen LogP contribution >= 0.6 is 0 Å². The van der Waals surface area contributed by atoms with E-state index in [1.165, 1.54) is 12.8 Å². The Bertz CT molecular complexity index is 311. The predicted octanol–water partition coefficient (Wildman–Crippen LogP) is 3.31. The van der Waals surface area contributed by atoms with E-state index >= 15 is 0 Å². The van der Waals surface area contributed by atoms with E-state index in [0.29, 0.717) is 5.92 Å². The predicted molar refractivity (Wildman–Crippen MR) is 71.0 cm³/mol. The van der Waals surface area contributed by atoms with Gasteiger partial charge in [-0.05, 0) is 30.9 Å². The largest absolute Gasteiger partial charge is 0.492 e. The molecule has 0 aliphatic heterocycles. The number of aromatic nitrogens is 1. The Morgan fingerprint density at radius 2 is 2.12 bits per heavy atom. The lowest BCUT2D eigenvalue weighted by atomic mass is 10.1. The van der Waals surface area contributed by atoms with Crippen molar-refractivity contribution in [3.05, 3.63) is 24.0 Å². The second-order valence-electron chi connectivity index (χ2n) is 4.64. The number of nitrogens with two attached hydrogens (primary N) is 1. The number of rotatable bonds is 7. The molecule has 1 aromatic heterocycles. The third kappa shape index (κ3) is 4.73. The molecule has 96 valence electrons. The van der Waals surface area contributed by atoms with Gasteiger partial charge in [0.2, 0.25) is 0 Å². The maximum absolute atomic E-state index is 5.90. The van der Waals surface area contributed by atoms with Gasteiger partial charge >= 0.3 is 0 Å². The SMILES string of the molecule is CCCC(C)COc1ccc([C@@H](N)CC)nc1. The Morgan fingerprint density at radius 3 is 2.65 bits per heavy atom. The summed E-state index contributed by atoms with van der Waals surface area (Å²) in [7, 11) is 0. The van der Waals surface area contributed by atoms with Gasteiger partial charge in [0.1, 0.15) is 5.75 Å². The topological polar surface area (TPSA) is 48.1 Å². The molecule has 2 atom stereocenters. The molecule has 1 aromatic rings. The molecular formula is C14H24N2O. The lowest BCUT2D eigenvalue weighted by Gasteiger charge is -2.13. The molecule has 3 nitrogen and oxygen atoms in total. The van der Waals surface area contributed by atoms with Crippen molar-refractivity contribution in [2.24, 2.45) is 11.7 Å². The second-order valence-corrected chi connectivity index (χ2v) is 4.64. The summed E-state index contributed by atoms with van der Waals surface area (Å²) in [4.78, 5) is 4.32. The highest BCUT2D eigenvalue weighted by Gasteiger charge is 2.06. The van der Waals surface area contributed by atoms with Crippen LogP contribution in [0.1, 0.15) is 51.8 Å². The number of hydrogen-bond acceptors (Lipinski definition) is 3. The Balaban J connectivity index is 2.45. The summed E-state index contributed by atoms with van der Waals surface area (Å²) in [5, 5.41) is 0. The molecule has 0 spiro atoms. The molecule has 0 saturated carbocycles. The van der Waals surface area contributed by atoms with E-state index in [9.17, 15) is 0 Å². The minimum Gasteiger partial charge on any atom is -0.492 e. The van der Waals surface area contributed by atoms with Gasteiger partial charge in [-0.1, -0.05) is 27.2 Å². The molecule has 17 heavy (non-hydrogen) atoms. The molecule has 0 amide bonds. The summed E-state index contributed by atoms with van der Waals surface area (Å²) in [5.41, 5.74) is 6.83. The summed E-state index contributed by atoms with van der Waals surface area (Å²) in [5.74, 6) is 1.43. The van der Waals surface area contributed by atoms with Crippen LogP contribution in [-0.4, -0.2) is 11.6 Å². The fraction of sp³-hybridized carbons (Fsp3) is 0.643. The van der Waals surface area contributed by atoms with Crippen LogP contribution in [0.5, 0.6) is 5.75 Å². The Kier molecular flexibility index (Phi) is 5.98. The van der Waals surface area contributed by atoms with Crippen LogP contribution in [0.15, 0.2) is 18.3 Å². The molecule has 1 unspecified atom stereocenters. The van der Waals surface area contributed by atoms with E-state index in [1.54, 1.807) is 6.20 Å². The quantitative estimate of drug-likeness (QED) is 0.790. The van der Waals surface area contributed by atoms with Crippen LogP contribution in [-0.2, 0) is 0 Å². The van der Waals surface area contributed by atoms with Gasteiger partial charge < -0.3 is 10.5 Å². The molecular weight excluding hydrogens is 212 g/mol. The minimum absolute atomic E-state index is 0.0306. The maximum atomic E-state index is 5.90. The minimum atomic E-state index is 0.0306. The van der Waals surface area contributed by atoms with Crippen molar-refractivity contribution >= 4 is 0 Å². The van der Waals surface area contributed by atoms with E-state index in [-0.39, 0.29) is 6.04 Å². The summed E-state index contributed by atoms with van der Waals surface area (Å²) < 4.78 is 5.69. The second kappa shape index (κ2) is 7.28. The molecule has 0 radical (unpaired) electrons. The first-order valence-electron chi connectivity index (χ1n) is 6.51. The van der Waals surface area contributed by atoms with Crippen LogP contribution in [0.25, 0.3) is 0 Å². The first-order valence-corrected chi connectivity index (χ1v) is 6.51. The number of ether oxygens (including phenoxy) is 1. The van der Waals surface area contributed by atoms with Crippen LogP contribution in [0.3, 0.4) is 0 Å². The van der Waals surface area contributed by atoms with Crippen molar-refractivity contribution in [2.45, 2.75) is 46.1 Å². The summed E-state index contributed by atoms with van der Waals surface area (Å²) in [6.45, 7) is 7.22. The number of hydrogen-bond donors (Lipinski definition) is 1. The van der Waals surface area contributed by atoms with Gasteiger partial charge in [-0.3, -0.25) is 4.98 Å². The summed E-state index contributed by atoms with van der Waals surface area (Å²) in [6.07, 6.45) is 5.07. The van der Waals surface area contributed by atoms with E-state index < -0.39 is 0 Å². The van der Waals surface area contributed by atoms with Crippen molar-refractivity contribution in [3.63, 3.8) is 0 Å². The van der Waals surface area contributed by atoms with Crippen molar-refractivity contribution in [1.29, 1.82) is 0 Å². The zero-order valence-electron chi connectivity index (χ0n) is 11.1. The van der Waals surface area contributed by atoms with Crippen molar-refractivity contribution in [1.82, 2.24) is 4.98 Å². The zero-order valence-corrected chi connectivity index (χ0v) is 11.1. The highest BCUT2D eigenvalue weighted by molar-refractivity contribution is 5.21. The molecule has 1 heterocycles. The smallest absolute Gasteiger partial charge is 0.137 e. The fourth-order valence-corrected chi connectivity index (χ4v) is 1.72. The summed E-state index contributed by atoms with van der Waals surface area (Å²) >= 11 is 0.